The Balaban J connectivity index is 1.50. The summed E-state index contributed by atoms with van der Waals surface area (Å²) in [6.07, 6.45) is -0.926. The summed E-state index contributed by atoms with van der Waals surface area (Å²) in [6, 6.07) is 18.3. The highest BCUT2D eigenvalue weighted by atomic mass is 19.1. The first-order valence-electron chi connectivity index (χ1n) is 11.2. The lowest BCUT2D eigenvalue weighted by molar-refractivity contribution is -0.140. The van der Waals surface area contributed by atoms with Crippen LogP contribution in [0.5, 0.6) is 0 Å². The van der Waals surface area contributed by atoms with Gasteiger partial charge in [0.25, 0.3) is 5.91 Å². The molecule has 4 rings (SSSR count). The summed E-state index contributed by atoms with van der Waals surface area (Å²) in [5, 5.41) is 14.0. The number of fused-ring (bicyclic) bond motifs is 3. The maximum absolute atomic E-state index is 14.6. The van der Waals surface area contributed by atoms with Gasteiger partial charge in [-0.15, -0.1) is 0 Å². The van der Waals surface area contributed by atoms with E-state index in [-0.39, 0.29) is 23.8 Å². The number of amides is 2. The average Bonchev–Trinajstić information content (AvgIpc) is 3.15. The average molecular weight is 477 g/mol. The van der Waals surface area contributed by atoms with Gasteiger partial charge >= 0.3 is 12.1 Å². The molecular formula is C27H25FN2O5. The normalized spacial score (nSPS) is 13.0. The first-order valence-corrected chi connectivity index (χ1v) is 11.2. The predicted octanol–water partition coefficient (Wildman–Crippen LogP) is 5.03. The molecular weight excluding hydrogens is 451 g/mol. The number of carboxylic acids is 1. The molecule has 0 heterocycles. The molecule has 7 nitrogen and oxygen atoms in total. The molecule has 8 heteroatoms. The van der Waals surface area contributed by atoms with Gasteiger partial charge in [0, 0.05) is 5.92 Å². The molecule has 0 fully saturated rings. The minimum absolute atomic E-state index is 0.0181. The lowest BCUT2D eigenvalue weighted by Gasteiger charge is -2.19. The van der Waals surface area contributed by atoms with E-state index in [1.54, 1.807) is 13.8 Å². The third-order valence-electron chi connectivity index (χ3n) is 6.05. The van der Waals surface area contributed by atoms with E-state index in [1.165, 1.54) is 12.1 Å². The maximum atomic E-state index is 14.6. The van der Waals surface area contributed by atoms with Gasteiger partial charge in [-0.05, 0) is 40.3 Å². The molecule has 0 saturated carbocycles. The Bertz CT molecular complexity index is 1240. The third kappa shape index (κ3) is 4.87. The topological polar surface area (TPSA) is 105 Å². The fourth-order valence-corrected chi connectivity index (χ4v) is 4.31. The number of carbonyl (C=O) groups excluding carboxylic acids is 2. The van der Waals surface area contributed by atoms with Crippen LogP contribution in [0.4, 0.5) is 14.9 Å². The first-order chi connectivity index (χ1) is 16.8. The number of anilines is 1. The van der Waals surface area contributed by atoms with Crippen molar-refractivity contribution in [1.82, 2.24) is 5.32 Å². The summed E-state index contributed by atoms with van der Waals surface area (Å²) >= 11 is 0. The van der Waals surface area contributed by atoms with Crippen LogP contribution >= 0.6 is 0 Å². The number of hydrogen-bond acceptors (Lipinski definition) is 4. The number of aliphatic carboxylic acids is 1. The Labute approximate surface area is 201 Å². The molecule has 0 bridgehead atoms. The van der Waals surface area contributed by atoms with Crippen molar-refractivity contribution in [2.45, 2.75) is 25.8 Å². The number of carboxylic acid groups (broad SMARTS) is 1. The predicted molar refractivity (Wildman–Crippen MR) is 129 cm³/mol. The SMILES string of the molecule is CC(C)[C@H](NC(=O)c1cccc(F)c1NC(=O)OCC1c2ccccc2-c2ccccc21)C(=O)O. The summed E-state index contributed by atoms with van der Waals surface area (Å²) in [4.78, 5) is 36.8. The quantitative estimate of drug-likeness (QED) is 0.444. The molecule has 1 atom stereocenters. The largest absolute Gasteiger partial charge is 0.480 e. The monoisotopic (exact) mass is 476 g/mol. The second-order valence-electron chi connectivity index (χ2n) is 8.65. The molecule has 0 saturated heterocycles. The molecule has 180 valence electrons. The highest BCUT2D eigenvalue weighted by Crippen LogP contribution is 2.44. The molecule has 3 N–H and O–H groups in total. The molecule has 3 aromatic carbocycles. The van der Waals surface area contributed by atoms with Crippen molar-refractivity contribution >= 4 is 23.7 Å². The van der Waals surface area contributed by atoms with Gasteiger partial charge in [0.2, 0.25) is 0 Å². The molecule has 0 aliphatic heterocycles. The van der Waals surface area contributed by atoms with Crippen molar-refractivity contribution in [1.29, 1.82) is 0 Å². The van der Waals surface area contributed by atoms with E-state index in [0.29, 0.717) is 0 Å². The summed E-state index contributed by atoms with van der Waals surface area (Å²) < 4.78 is 20.0. The number of halogens is 1. The second-order valence-corrected chi connectivity index (χ2v) is 8.65. The fraction of sp³-hybridized carbons (Fsp3) is 0.222. The summed E-state index contributed by atoms with van der Waals surface area (Å²) in [5.74, 6) is -3.46. The van der Waals surface area contributed by atoms with Gasteiger partial charge < -0.3 is 15.2 Å². The Kier molecular flexibility index (Phi) is 6.82. The lowest BCUT2D eigenvalue weighted by atomic mass is 9.98. The summed E-state index contributed by atoms with van der Waals surface area (Å²) in [7, 11) is 0. The second kappa shape index (κ2) is 9.97. The standard InChI is InChI=1S/C27H25FN2O5/c1-15(2)23(26(32)33)29-25(31)20-12-7-13-22(28)24(20)30-27(34)35-14-21-18-10-5-3-8-16(18)17-9-4-6-11-19(17)21/h3-13,15,21,23H,14H2,1-2H3,(H,29,31)(H,30,34)(H,32,33)/t23-/m0/s1. The van der Waals surface area contributed by atoms with Crippen molar-refractivity contribution in [3.63, 3.8) is 0 Å². The minimum Gasteiger partial charge on any atom is -0.480 e. The van der Waals surface area contributed by atoms with Gasteiger partial charge in [-0.1, -0.05) is 68.4 Å². The molecule has 0 radical (unpaired) electrons. The van der Waals surface area contributed by atoms with Crippen LogP contribution in [-0.2, 0) is 9.53 Å². The van der Waals surface area contributed by atoms with Crippen LogP contribution in [0.25, 0.3) is 11.1 Å². The van der Waals surface area contributed by atoms with Crippen LogP contribution in [0.1, 0.15) is 41.3 Å². The number of ether oxygens (including phenoxy) is 1. The van der Waals surface area contributed by atoms with Gasteiger partial charge in [0.05, 0.1) is 11.3 Å². The first kappa shape index (κ1) is 23.9. The molecule has 0 aromatic heterocycles. The van der Waals surface area contributed by atoms with Gasteiger partial charge in [0.15, 0.2) is 0 Å². The van der Waals surface area contributed by atoms with Gasteiger partial charge in [0.1, 0.15) is 18.5 Å². The van der Waals surface area contributed by atoms with Crippen LogP contribution < -0.4 is 10.6 Å². The van der Waals surface area contributed by atoms with E-state index in [4.69, 9.17) is 4.74 Å². The molecule has 1 aliphatic carbocycles. The van der Waals surface area contributed by atoms with E-state index < -0.39 is 35.7 Å². The highest BCUT2D eigenvalue weighted by molar-refractivity contribution is 6.04. The molecule has 0 unspecified atom stereocenters. The molecule has 35 heavy (non-hydrogen) atoms. The summed E-state index contributed by atoms with van der Waals surface area (Å²) in [5.41, 5.74) is 3.62. The lowest BCUT2D eigenvalue weighted by Crippen LogP contribution is -2.44. The van der Waals surface area contributed by atoms with E-state index in [2.05, 4.69) is 10.6 Å². The van der Waals surface area contributed by atoms with Crippen molar-refractivity contribution < 1.29 is 28.6 Å². The van der Waals surface area contributed by atoms with Gasteiger partial charge in [-0.3, -0.25) is 10.1 Å². The zero-order valence-corrected chi connectivity index (χ0v) is 19.2. The summed E-state index contributed by atoms with van der Waals surface area (Å²) in [6.45, 7) is 3.30. The van der Waals surface area contributed by atoms with Crippen LogP contribution in [0.2, 0.25) is 0 Å². The van der Waals surface area contributed by atoms with Crippen LogP contribution in [0.15, 0.2) is 66.7 Å². The zero-order chi connectivity index (χ0) is 25.1. The highest BCUT2D eigenvalue weighted by Gasteiger charge is 2.30. The van der Waals surface area contributed by atoms with Crippen molar-refractivity contribution in [2.24, 2.45) is 5.92 Å². The van der Waals surface area contributed by atoms with Gasteiger partial charge in [-0.25, -0.2) is 14.0 Å². The Hall–Kier alpha value is -4.20. The molecule has 3 aromatic rings. The van der Waals surface area contributed by atoms with Gasteiger partial charge in [-0.2, -0.15) is 0 Å². The number of nitrogens with one attached hydrogen (secondary N) is 2. The van der Waals surface area contributed by atoms with E-state index in [0.717, 1.165) is 28.3 Å². The Morgan fingerprint density at radius 2 is 1.54 bits per heavy atom. The van der Waals surface area contributed by atoms with Crippen molar-refractivity contribution in [3.8, 4) is 11.1 Å². The van der Waals surface area contributed by atoms with Crippen LogP contribution in [0, 0.1) is 11.7 Å². The maximum Gasteiger partial charge on any atom is 0.411 e. The number of rotatable bonds is 7. The molecule has 0 spiro atoms. The van der Waals surface area contributed by atoms with E-state index >= 15 is 0 Å². The molecule has 1 aliphatic rings. The number of carbonyl (C=O) groups is 3. The number of para-hydroxylation sites is 1. The molecule has 2 amide bonds. The zero-order valence-electron chi connectivity index (χ0n) is 19.2. The van der Waals surface area contributed by atoms with Crippen molar-refractivity contribution in [2.75, 3.05) is 11.9 Å². The van der Waals surface area contributed by atoms with Crippen LogP contribution in [0.3, 0.4) is 0 Å². The third-order valence-corrected chi connectivity index (χ3v) is 6.05. The smallest absolute Gasteiger partial charge is 0.411 e. The Morgan fingerprint density at radius 1 is 0.943 bits per heavy atom. The van der Waals surface area contributed by atoms with Crippen molar-refractivity contribution in [3.05, 3.63) is 89.2 Å². The minimum atomic E-state index is -1.21. The fourth-order valence-electron chi connectivity index (χ4n) is 4.31. The Morgan fingerprint density at radius 3 is 2.11 bits per heavy atom. The number of benzene rings is 3. The van der Waals surface area contributed by atoms with E-state index in [9.17, 15) is 23.9 Å². The van der Waals surface area contributed by atoms with E-state index in [1.807, 2.05) is 48.5 Å². The van der Waals surface area contributed by atoms with Crippen LogP contribution in [-0.4, -0.2) is 35.7 Å². The number of hydrogen-bond donors (Lipinski definition) is 3.